The van der Waals surface area contributed by atoms with Crippen LogP contribution in [-0.4, -0.2) is 42.6 Å². The minimum Gasteiger partial charge on any atom is -0.493 e. The number of carboxylic acids is 1. The highest BCUT2D eigenvalue weighted by Crippen LogP contribution is 2.40. The van der Waals surface area contributed by atoms with Crippen LogP contribution < -0.4 is 9.47 Å². The molecule has 0 spiro atoms. The van der Waals surface area contributed by atoms with Crippen molar-refractivity contribution < 1.29 is 24.2 Å². The van der Waals surface area contributed by atoms with E-state index >= 15 is 0 Å². The lowest BCUT2D eigenvalue weighted by Gasteiger charge is -2.37. The number of carbonyl (C=O) groups is 2. The van der Waals surface area contributed by atoms with Gasteiger partial charge in [-0.15, -0.1) is 11.3 Å². The maximum absolute atomic E-state index is 13.2. The van der Waals surface area contributed by atoms with Crippen molar-refractivity contribution >= 4 is 23.2 Å². The Morgan fingerprint density at radius 3 is 2.46 bits per heavy atom. The number of carboxylic acid groups (broad SMARTS) is 1. The van der Waals surface area contributed by atoms with Crippen LogP contribution in [0.4, 0.5) is 0 Å². The number of hydrogen-bond donors (Lipinski definition) is 1. The number of amides is 1. The number of hydrogen-bond acceptors (Lipinski definition) is 5. The third-order valence-electron chi connectivity index (χ3n) is 5.18. The Morgan fingerprint density at radius 1 is 1.21 bits per heavy atom. The van der Waals surface area contributed by atoms with E-state index < -0.39 is 12.0 Å². The summed E-state index contributed by atoms with van der Waals surface area (Å²) in [7, 11) is 3.12. The minimum absolute atomic E-state index is 0.112. The summed E-state index contributed by atoms with van der Waals surface area (Å²) in [5.74, 6) is 0.0873. The molecule has 0 saturated carbocycles. The second kappa shape index (κ2) is 8.22. The molecule has 1 atom stereocenters. The van der Waals surface area contributed by atoms with Gasteiger partial charge < -0.3 is 19.5 Å². The summed E-state index contributed by atoms with van der Waals surface area (Å²) in [4.78, 5) is 28.4. The number of ether oxygens (including phenoxy) is 2. The molecule has 0 aliphatic carbocycles. The topological polar surface area (TPSA) is 76.1 Å². The van der Waals surface area contributed by atoms with Crippen LogP contribution in [0.3, 0.4) is 0 Å². The van der Waals surface area contributed by atoms with Gasteiger partial charge in [-0.3, -0.25) is 9.59 Å². The van der Waals surface area contributed by atoms with E-state index in [4.69, 9.17) is 9.47 Å². The van der Waals surface area contributed by atoms with E-state index in [2.05, 4.69) is 6.92 Å². The fourth-order valence-corrected chi connectivity index (χ4v) is 4.84. The predicted molar refractivity (Wildman–Crippen MR) is 108 cm³/mol. The van der Waals surface area contributed by atoms with Gasteiger partial charge in [0.2, 0.25) is 0 Å². The van der Waals surface area contributed by atoms with Crippen LogP contribution in [0.1, 0.15) is 50.6 Å². The maximum Gasteiger partial charge on any atom is 0.305 e. The van der Waals surface area contributed by atoms with Crippen molar-refractivity contribution in [3.8, 4) is 11.5 Å². The summed E-state index contributed by atoms with van der Waals surface area (Å²) in [6, 6.07) is 5.06. The Bertz CT molecular complexity index is 904. The fraction of sp³-hybridized carbons (Fsp3) is 0.429. The second-order valence-corrected chi connectivity index (χ2v) is 7.98. The molecule has 6 nitrogen and oxygen atoms in total. The number of nitrogens with zero attached hydrogens (tertiary/aromatic N) is 1. The lowest BCUT2D eigenvalue weighted by atomic mass is 9.89. The minimum atomic E-state index is -0.943. The highest BCUT2D eigenvalue weighted by molar-refractivity contribution is 7.14. The second-order valence-electron chi connectivity index (χ2n) is 6.84. The van der Waals surface area contributed by atoms with Crippen LogP contribution in [0.5, 0.6) is 11.5 Å². The quantitative estimate of drug-likeness (QED) is 0.793. The summed E-state index contributed by atoms with van der Waals surface area (Å²) in [5, 5.41) is 9.48. The highest BCUT2D eigenvalue weighted by atomic mass is 32.1. The number of thiophene rings is 1. The Labute approximate surface area is 168 Å². The van der Waals surface area contributed by atoms with Crippen molar-refractivity contribution in [3.05, 3.63) is 44.6 Å². The molecule has 0 fully saturated rings. The highest BCUT2D eigenvalue weighted by Gasteiger charge is 2.34. The molecule has 1 amide bonds. The lowest BCUT2D eigenvalue weighted by molar-refractivity contribution is -0.138. The van der Waals surface area contributed by atoms with Gasteiger partial charge in [0.15, 0.2) is 11.5 Å². The van der Waals surface area contributed by atoms with Crippen molar-refractivity contribution in [1.82, 2.24) is 4.90 Å². The molecular formula is C21H25NO5S. The molecule has 2 aromatic rings. The molecule has 0 saturated heterocycles. The lowest BCUT2D eigenvalue weighted by Crippen LogP contribution is -2.40. The number of rotatable bonds is 6. The monoisotopic (exact) mass is 403 g/mol. The number of benzene rings is 1. The molecule has 2 heterocycles. The molecular weight excluding hydrogens is 378 g/mol. The number of fused-ring (bicyclic) bond motifs is 1. The zero-order chi connectivity index (χ0) is 20.4. The van der Waals surface area contributed by atoms with Gasteiger partial charge in [-0.1, -0.05) is 6.92 Å². The number of methoxy groups -OCH3 is 2. The van der Waals surface area contributed by atoms with Crippen LogP contribution in [0.25, 0.3) is 0 Å². The van der Waals surface area contributed by atoms with Crippen LogP contribution in [0, 0.1) is 6.92 Å². The number of aliphatic carboxylic acids is 1. The normalized spacial score (nSPS) is 15.9. The van der Waals surface area contributed by atoms with E-state index in [0.29, 0.717) is 29.3 Å². The first-order valence-corrected chi connectivity index (χ1v) is 10.1. The fourth-order valence-electron chi connectivity index (χ4n) is 3.77. The molecule has 1 N–H and O–H groups in total. The predicted octanol–water partition coefficient (Wildman–Crippen LogP) is 3.85. The van der Waals surface area contributed by atoms with Crippen LogP contribution >= 0.6 is 11.3 Å². The van der Waals surface area contributed by atoms with Crippen LogP contribution in [-0.2, 0) is 17.6 Å². The third kappa shape index (κ3) is 3.71. The Kier molecular flexibility index (Phi) is 5.93. The standard InChI is InChI=1S/C21H25NO5S/c1-5-18-12(2)8-19(28-18)21(25)22-7-6-13-9-16(26-3)17(27-4)10-14(13)15(22)11-20(23)24/h8-10,15H,5-7,11H2,1-4H3,(H,23,24)/t15-/m0/s1. The number of carbonyl (C=O) groups excluding carboxylic acids is 1. The van der Waals surface area contributed by atoms with Crippen molar-refractivity contribution in [2.24, 2.45) is 0 Å². The number of aryl methyl sites for hydroxylation is 2. The van der Waals surface area contributed by atoms with E-state index in [1.165, 1.54) is 16.2 Å². The Balaban J connectivity index is 2.02. The van der Waals surface area contributed by atoms with Gasteiger partial charge in [0, 0.05) is 11.4 Å². The van der Waals surface area contributed by atoms with E-state index in [0.717, 1.165) is 23.1 Å². The van der Waals surface area contributed by atoms with Crippen molar-refractivity contribution in [2.75, 3.05) is 20.8 Å². The molecule has 28 heavy (non-hydrogen) atoms. The first kappa shape index (κ1) is 20.2. The van der Waals surface area contributed by atoms with Crippen molar-refractivity contribution in [3.63, 3.8) is 0 Å². The largest absolute Gasteiger partial charge is 0.493 e. The van der Waals surface area contributed by atoms with Gasteiger partial charge in [-0.05, 0) is 54.7 Å². The van der Waals surface area contributed by atoms with Gasteiger partial charge in [-0.25, -0.2) is 0 Å². The van der Waals surface area contributed by atoms with Crippen molar-refractivity contribution in [2.45, 2.75) is 39.2 Å². The first-order chi connectivity index (χ1) is 13.4. The molecule has 7 heteroatoms. The summed E-state index contributed by atoms with van der Waals surface area (Å²) < 4.78 is 10.8. The molecule has 0 radical (unpaired) electrons. The average molecular weight is 404 g/mol. The molecule has 3 rings (SSSR count). The first-order valence-electron chi connectivity index (χ1n) is 9.26. The van der Waals surface area contributed by atoms with Gasteiger partial charge in [0.1, 0.15) is 0 Å². The SMILES string of the molecule is CCc1sc(C(=O)N2CCc3cc(OC)c(OC)cc3[C@@H]2CC(=O)O)cc1C. The van der Waals surface area contributed by atoms with Crippen LogP contribution in [0.2, 0.25) is 0 Å². The molecule has 150 valence electrons. The Hall–Kier alpha value is -2.54. The molecule has 0 bridgehead atoms. The summed E-state index contributed by atoms with van der Waals surface area (Å²) in [6.45, 7) is 4.54. The van der Waals surface area contributed by atoms with Gasteiger partial charge >= 0.3 is 5.97 Å². The molecule has 1 aromatic heterocycles. The van der Waals surface area contributed by atoms with Crippen molar-refractivity contribution in [1.29, 1.82) is 0 Å². The van der Waals surface area contributed by atoms with Gasteiger partial charge in [0.25, 0.3) is 5.91 Å². The van der Waals surface area contributed by atoms with Crippen LogP contribution in [0.15, 0.2) is 18.2 Å². The van der Waals surface area contributed by atoms with Gasteiger partial charge in [0.05, 0.1) is 31.6 Å². The molecule has 1 aliphatic rings. The molecule has 0 unspecified atom stereocenters. The zero-order valence-electron chi connectivity index (χ0n) is 16.6. The molecule has 1 aliphatic heterocycles. The molecule has 1 aromatic carbocycles. The van der Waals surface area contributed by atoms with E-state index in [-0.39, 0.29) is 12.3 Å². The van der Waals surface area contributed by atoms with E-state index in [9.17, 15) is 14.7 Å². The van der Waals surface area contributed by atoms with Gasteiger partial charge in [-0.2, -0.15) is 0 Å². The summed E-state index contributed by atoms with van der Waals surface area (Å²) in [6.07, 6.45) is 1.36. The summed E-state index contributed by atoms with van der Waals surface area (Å²) >= 11 is 1.49. The smallest absolute Gasteiger partial charge is 0.305 e. The average Bonchev–Trinajstić information content (AvgIpc) is 3.07. The summed E-state index contributed by atoms with van der Waals surface area (Å²) in [5.41, 5.74) is 2.91. The van der Waals surface area contributed by atoms with E-state index in [1.54, 1.807) is 25.2 Å². The Morgan fingerprint density at radius 2 is 1.89 bits per heavy atom. The zero-order valence-corrected chi connectivity index (χ0v) is 17.4. The maximum atomic E-state index is 13.2. The van der Waals surface area contributed by atoms with E-state index in [1.807, 2.05) is 19.1 Å². The third-order valence-corrected chi connectivity index (χ3v) is 6.55.